The Bertz CT molecular complexity index is 887. The van der Waals surface area contributed by atoms with E-state index in [0.29, 0.717) is 25.2 Å². The maximum absolute atomic E-state index is 14.0. The smallest absolute Gasteiger partial charge is 0.394 e. The monoisotopic (exact) mass is 407 g/mol. The molecular weight excluding hydrogens is 387 g/mol. The highest BCUT2D eigenvalue weighted by Crippen LogP contribution is 2.45. The first kappa shape index (κ1) is 20.9. The van der Waals surface area contributed by atoms with Crippen molar-refractivity contribution in [1.29, 1.82) is 5.26 Å². The van der Waals surface area contributed by atoms with E-state index in [1.165, 1.54) is 12.1 Å². The molecule has 154 valence electrons. The maximum atomic E-state index is 14.0. The van der Waals surface area contributed by atoms with E-state index in [2.05, 4.69) is 5.32 Å². The second kappa shape index (κ2) is 8.27. The summed E-state index contributed by atoms with van der Waals surface area (Å²) in [5, 5.41) is 29.6. The molecule has 1 amide bonds. The number of amides is 1. The van der Waals surface area contributed by atoms with Gasteiger partial charge in [0, 0.05) is 36.8 Å². The van der Waals surface area contributed by atoms with E-state index in [1.807, 2.05) is 6.08 Å². The zero-order valence-corrected chi connectivity index (χ0v) is 15.4. The molecule has 0 aromatic carbocycles. The zero-order chi connectivity index (χ0) is 21.2. The first-order chi connectivity index (χ1) is 13.8. The fraction of sp³-hybridized carbons (Fsp3) is 0.400. The normalized spacial score (nSPS) is 22.4. The quantitative estimate of drug-likeness (QED) is 0.352. The van der Waals surface area contributed by atoms with Gasteiger partial charge in [0.15, 0.2) is 0 Å². The van der Waals surface area contributed by atoms with Crippen molar-refractivity contribution in [2.24, 2.45) is 5.92 Å². The average Bonchev–Trinajstić information content (AvgIpc) is 3.53. The Balaban J connectivity index is 2.12. The fourth-order valence-corrected chi connectivity index (χ4v) is 3.37. The van der Waals surface area contributed by atoms with Crippen LogP contribution in [0.5, 0.6) is 0 Å². The molecule has 1 saturated heterocycles. The van der Waals surface area contributed by atoms with E-state index >= 15 is 0 Å². The van der Waals surface area contributed by atoms with Crippen LogP contribution in [0.4, 0.5) is 13.2 Å². The second-order valence-electron chi connectivity index (χ2n) is 6.91. The van der Waals surface area contributed by atoms with Gasteiger partial charge in [-0.1, -0.05) is 30.4 Å². The molecule has 2 unspecified atom stereocenters. The number of fused-ring (bicyclic) bond motifs is 1. The summed E-state index contributed by atoms with van der Waals surface area (Å²) in [6, 6.07) is 1.38. The minimum absolute atomic E-state index is 0.0482. The second-order valence-corrected chi connectivity index (χ2v) is 6.91. The van der Waals surface area contributed by atoms with Crippen LogP contribution < -0.4 is 5.32 Å². The van der Waals surface area contributed by atoms with E-state index in [9.17, 15) is 28.3 Å². The van der Waals surface area contributed by atoms with Crippen LogP contribution in [0, 0.1) is 17.2 Å². The molecular formula is C20H20F3N3O3. The lowest BCUT2D eigenvalue weighted by atomic mass is 9.80. The number of hydrogen-bond acceptors (Lipinski definition) is 5. The number of aliphatic hydroxyl groups is 2. The van der Waals surface area contributed by atoms with Crippen molar-refractivity contribution in [2.45, 2.75) is 18.7 Å². The van der Waals surface area contributed by atoms with Gasteiger partial charge in [0.1, 0.15) is 11.6 Å². The molecule has 9 heteroatoms. The van der Waals surface area contributed by atoms with E-state index in [4.69, 9.17) is 5.11 Å². The third kappa shape index (κ3) is 4.44. The molecule has 1 heterocycles. The number of rotatable bonds is 6. The molecule has 3 N–H and O–H groups in total. The topological polar surface area (TPSA) is 96.4 Å². The Labute approximate surface area is 165 Å². The van der Waals surface area contributed by atoms with Crippen LogP contribution in [0.3, 0.4) is 0 Å². The van der Waals surface area contributed by atoms with Crippen molar-refractivity contribution in [3.05, 3.63) is 58.4 Å². The zero-order valence-electron chi connectivity index (χ0n) is 15.4. The van der Waals surface area contributed by atoms with Gasteiger partial charge < -0.3 is 20.4 Å². The van der Waals surface area contributed by atoms with Crippen molar-refractivity contribution in [3.63, 3.8) is 0 Å². The lowest BCUT2D eigenvalue weighted by Gasteiger charge is -2.30. The van der Waals surface area contributed by atoms with Crippen molar-refractivity contribution in [2.75, 3.05) is 26.2 Å². The van der Waals surface area contributed by atoms with E-state index in [1.54, 1.807) is 23.1 Å². The van der Waals surface area contributed by atoms with Crippen LogP contribution in [0.1, 0.15) is 6.42 Å². The van der Waals surface area contributed by atoms with Crippen LogP contribution >= 0.6 is 0 Å². The van der Waals surface area contributed by atoms with Crippen LogP contribution in [0.2, 0.25) is 0 Å². The Kier molecular flexibility index (Phi) is 5.96. The Morgan fingerprint density at radius 1 is 1.41 bits per heavy atom. The molecule has 6 nitrogen and oxygen atoms in total. The predicted molar refractivity (Wildman–Crippen MR) is 97.9 cm³/mol. The molecule has 2 aliphatic carbocycles. The fourth-order valence-electron chi connectivity index (χ4n) is 3.37. The molecule has 0 aromatic rings. The number of alkyl halides is 3. The maximum Gasteiger partial charge on any atom is 0.418 e. The minimum Gasteiger partial charge on any atom is -0.394 e. The van der Waals surface area contributed by atoms with Gasteiger partial charge in [-0.3, -0.25) is 4.79 Å². The molecule has 3 rings (SSSR count). The van der Waals surface area contributed by atoms with Gasteiger partial charge in [0.2, 0.25) is 0 Å². The predicted octanol–water partition coefficient (Wildman–Crippen LogP) is 1.48. The Morgan fingerprint density at radius 2 is 2.14 bits per heavy atom. The van der Waals surface area contributed by atoms with Crippen LogP contribution in [0.25, 0.3) is 0 Å². The van der Waals surface area contributed by atoms with Crippen molar-refractivity contribution in [1.82, 2.24) is 10.2 Å². The number of nitrogens with one attached hydrogen (secondary N) is 1. The summed E-state index contributed by atoms with van der Waals surface area (Å²) < 4.78 is 42.1. The molecule has 0 bridgehead atoms. The molecule has 1 fully saturated rings. The average molecular weight is 407 g/mol. The number of carbonyl (C=O) groups is 1. The highest BCUT2D eigenvalue weighted by molar-refractivity contribution is 5.99. The lowest BCUT2D eigenvalue weighted by Crippen LogP contribution is -2.36. The number of allylic oxidation sites excluding steroid dienone is 8. The van der Waals surface area contributed by atoms with Crippen molar-refractivity contribution >= 4 is 5.91 Å². The number of hydrogen-bond donors (Lipinski definition) is 3. The van der Waals surface area contributed by atoms with E-state index < -0.39 is 42.5 Å². The third-order valence-corrected chi connectivity index (χ3v) is 4.84. The van der Waals surface area contributed by atoms with Crippen LogP contribution in [-0.4, -0.2) is 59.5 Å². The molecule has 0 saturated carbocycles. The summed E-state index contributed by atoms with van der Waals surface area (Å²) >= 11 is 0. The molecule has 0 spiro atoms. The van der Waals surface area contributed by atoms with Crippen molar-refractivity contribution < 1.29 is 28.2 Å². The molecule has 1 aliphatic heterocycles. The summed E-state index contributed by atoms with van der Waals surface area (Å²) in [5.74, 6) is -1.30. The molecule has 2 atom stereocenters. The summed E-state index contributed by atoms with van der Waals surface area (Å²) in [4.78, 5) is 14.1. The Hall–Kier alpha value is -2.83. The first-order valence-corrected chi connectivity index (χ1v) is 9.11. The Morgan fingerprint density at radius 3 is 2.72 bits per heavy atom. The van der Waals surface area contributed by atoms with E-state index in [0.717, 1.165) is 5.57 Å². The molecule has 0 radical (unpaired) electrons. The number of nitriles is 1. The highest BCUT2D eigenvalue weighted by atomic mass is 19.4. The van der Waals surface area contributed by atoms with Crippen LogP contribution in [-0.2, 0) is 4.79 Å². The van der Waals surface area contributed by atoms with Gasteiger partial charge in [-0.05, 0) is 12.0 Å². The van der Waals surface area contributed by atoms with Gasteiger partial charge in [0.05, 0.1) is 18.3 Å². The molecule has 0 aromatic heterocycles. The standard InChI is InChI=1S/C20H20F3N3O3/c21-20(22,23)17(16(9-24)19(29)25-10-13(28)11-27)15-6-5-12-3-1-2-4-14(12)18(15)26-7-8-26/h1-2,4-6,12-13,27-28H,3,7-8,10-11H2,(H,25,29)/b17-16-. The number of carbonyl (C=O) groups excluding carboxylic acids is 1. The van der Waals surface area contributed by atoms with Gasteiger partial charge >= 0.3 is 6.18 Å². The molecule has 3 aliphatic rings. The van der Waals surface area contributed by atoms with E-state index in [-0.39, 0.29) is 11.5 Å². The number of nitrogens with zero attached hydrogens (tertiary/aromatic N) is 2. The van der Waals surface area contributed by atoms with Gasteiger partial charge in [-0.25, -0.2) is 0 Å². The number of halogens is 3. The van der Waals surface area contributed by atoms with Crippen molar-refractivity contribution in [3.8, 4) is 6.07 Å². The first-order valence-electron chi connectivity index (χ1n) is 9.11. The minimum atomic E-state index is -4.95. The summed E-state index contributed by atoms with van der Waals surface area (Å²) in [5.41, 5.74) is -1.46. The lowest BCUT2D eigenvalue weighted by molar-refractivity contribution is -0.119. The molecule has 29 heavy (non-hydrogen) atoms. The van der Waals surface area contributed by atoms with Crippen LogP contribution in [0.15, 0.2) is 58.4 Å². The SMILES string of the molecule is N#C/C(C(=O)NCC(O)CO)=C(\C1=C(N2CC2)C2=CC=CCC2C=C1)C(F)(F)F. The van der Waals surface area contributed by atoms with Gasteiger partial charge in [-0.15, -0.1) is 0 Å². The van der Waals surface area contributed by atoms with Gasteiger partial charge in [-0.2, -0.15) is 18.4 Å². The summed E-state index contributed by atoms with van der Waals surface area (Å²) in [7, 11) is 0. The highest BCUT2D eigenvalue weighted by Gasteiger charge is 2.44. The largest absolute Gasteiger partial charge is 0.418 e. The third-order valence-electron chi connectivity index (χ3n) is 4.84. The summed E-state index contributed by atoms with van der Waals surface area (Å²) in [6.07, 6.45) is 2.87. The summed E-state index contributed by atoms with van der Waals surface area (Å²) in [6.45, 7) is 0.0519. The number of aliphatic hydroxyl groups excluding tert-OH is 2. The van der Waals surface area contributed by atoms with Gasteiger partial charge in [0.25, 0.3) is 5.91 Å².